The van der Waals surface area contributed by atoms with Gasteiger partial charge < -0.3 is 29.7 Å². The number of halogens is 3. The Hall–Kier alpha value is -3.92. The van der Waals surface area contributed by atoms with Gasteiger partial charge in [0.1, 0.15) is 40.8 Å². The second-order valence-corrected chi connectivity index (χ2v) is 18.4. The summed E-state index contributed by atoms with van der Waals surface area (Å²) in [5, 5.41) is 6.15. The van der Waals surface area contributed by atoms with E-state index in [1.807, 2.05) is 4.72 Å². The molecular weight excluding hydrogens is 738 g/mol. The van der Waals surface area contributed by atoms with Crippen LogP contribution in [0.3, 0.4) is 0 Å². The Kier molecular flexibility index (Phi) is 11.2. The number of rotatable bonds is 12. The fourth-order valence-corrected chi connectivity index (χ4v) is 8.18. The fourth-order valence-electron chi connectivity index (χ4n) is 6.64. The lowest BCUT2D eigenvalue weighted by Crippen LogP contribution is -2.60. The molecule has 1 aliphatic heterocycles. The van der Waals surface area contributed by atoms with Gasteiger partial charge >= 0.3 is 6.09 Å². The summed E-state index contributed by atoms with van der Waals surface area (Å²) in [7, 11) is -2.56. The lowest BCUT2D eigenvalue weighted by Gasteiger charge is -2.36. The Morgan fingerprint density at radius 3 is 2.26 bits per heavy atom. The van der Waals surface area contributed by atoms with Crippen molar-refractivity contribution in [3.63, 3.8) is 0 Å². The van der Waals surface area contributed by atoms with E-state index < -0.39 is 92.6 Å². The van der Waals surface area contributed by atoms with Crippen molar-refractivity contribution in [1.29, 1.82) is 0 Å². The normalized spacial score (nSPS) is 23.7. The predicted molar refractivity (Wildman–Crippen MR) is 192 cm³/mol. The second kappa shape index (κ2) is 14.7. The summed E-state index contributed by atoms with van der Waals surface area (Å²) in [6.07, 6.45) is -4.88. The first kappa shape index (κ1) is 40.3. The molecule has 0 spiro atoms. The molecule has 5 atom stereocenters. The number of ether oxygens (including phenoxy) is 3. The average molecular weight is 785 g/mol. The molecule has 2 aromatic carbocycles. The number of hydrogen-bond acceptors (Lipinski definition) is 9. The fraction of sp³-hybridized carbons (Fsp3) is 0.611. The number of likely N-dealkylation sites (tertiary alicyclic amines) is 1. The number of alkyl carbamates (subject to hydrolysis) is 1. The van der Waals surface area contributed by atoms with Gasteiger partial charge in [-0.2, -0.15) is 0 Å². The van der Waals surface area contributed by atoms with Gasteiger partial charge in [-0.25, -0.2) is 22.0 Å². The molecule has 3 aliphatic rings. The van der Waals surface area contributed by atoms with Gasteiger partial charge in [0.2, 0.25) is 28.3 Å². The second-order valence-electron chi connectivity index (χ2n) is 16.0. The van der Waals surface area contributed by atoms with Crippen LogP contribution < -0.4 is 24.8 Å². The van der Waals surface area contributed by atoms with Gasteiger partial charge in [-0.3, -0.25) is 19.1 Å². The Labute approximate surface area is 312 Å². The molecule has 1 saturated heterocycles. The summed E-state index contributed by atoms with van der Waals surface area (Å²) in [6, 6.07) is 5.98. The third-order valence-electron chi connectivity index (χ3n) is 9.55. The molecule has 3 N–H and O–H groups in total. The van der Waals surface area contributed by atoms with Crippen LogP contribution in [0.1, 0.15) is 73.6 Å². The highest BCUT2D eigenvalue weighted by molar-refractivity contribution is 7.91. The summed E-state index contributed by atoms with van der Waals surface area (Å²) in [4.78, 5) is 56.4. The first-order valence-electron chi connectivity index (χ1n) is 17.4. The summed E-state index contributed by atoms with van der Waals surface area (Å²) < 4.78 is 71.8. The number of nitrogens with zero attached hydrogens (tertiary/aromatic N) is 1. The Balaban J connectivity index is 1.48. The van der Waals surface area contributed by atoms with Gasteiger partial charge in [0.15, 0.2) is 0 Å². The van der Waals surface area contributed by atoms with E-state index in [1.54, 1.807) is 71.9 Å². The predicted octanol–water partition coefficient (Wildman–Crippen LogP) is 4.93. The van der Waals surface area contributed by atoms with E-state index in [9.17, 15) is 36.4 Å². The van der Waals surface area contributed by atoms with Gasteiger partial charge in [0.25, 0.3) is 5.91 Å². The van der Waals surface area contributed by atoms with Crippen molar-refractivity contribution in [3.05, 3.63) is 35.4 Å². The standard InChI is InChI=1S/C36H47ClF2N4O9S/c1-34(2,3)29(40-33(47)52-35(4,5)6)31(45)43-18-21(51-27-13-12-26(50-7)23-11-8-20(37)15-24(23)27)16-25(43)30(44)41-36(17-19(36)14-28(38)39)32(46)42-53(48,49)22-9-10-22/h8,11-13,15,19,21-22,25,28-29H,9-10,14,16-18H2,1-7H3,(H,40,47)(H,41,44)(H,42,46)/t19-,21-,25+,29-,36-/m1/s1. The molecule has 1 heterocycles. The van der Waals surface area contributed by atoms with Crippen molar-refractivity contribution < 1.29 is 50.6 Å². The summed E-state index contributed by atoms with van der Waals surface area (Å²) >= 11 is 6.32. The molecule has 292 valence electrons. The van der Waals surface area contributed by atoms with E-state index in [-0.39, 0.29) is 19.4 Å². The highest BCUT2D eigenvalue weighted by Gasteiger charge is 2.63. The number of carbonyl (C=O) groups excluding carboxylic acids is 4. The van der Waals surface area contributed by atoms with Crippen molar-refractivity contribution in [1.82, 2.24) is 20.3 Å². The molecule has 53 heavy (non-hydrogen) atoms. The van der Waals surface area contributed by atoms with E-state index in [0.717, 1.165) is 0 Å². The first-order valence-corrected chi connectivity index (χ1v) is 19.4. The molecule has 0 aromatic heterocycles. The molecule has 13 nitrogen and oxygen atoms in total. The molecule has 2 aromatic rings. The highest BCUT2D eigenvalue weighted by Crippen LogP contribution is 2.48. The zero-order valence-corrected chi connectivity index (χ0v) is 32.3. The Morgan fingerprint density at radius 2 is 1.68 bits per heavy atom. The Bertz CT molecular complexity index is 1880. The van der Waals surface area contributed by atoms with E-state index in [2.05, 4.69) is 10.6 Å². The van der Waals surface area contributed by atoms with Crippen molar-refractivity contribution in [2.75, 3.05) is 13.7 Å². The zero-order chi connectivity index (χ0) is 39.3. The van der Waals surface area contributed by atoms with Crippen LogP contribution in [0, 0.1) is 11.3 Å². The highest BCUT2D eigenvalue weighted by atomic mass is 35.5. The zero-order valence-electron chi connectivity index (χ0n) is 30.8. The van der Waals surface area contributed by atoms with E-state index in [0.29, 0.717) is 40.1 Å². The number of benzene rings is 2. The van der Waals surface area contributed by atoms with E-state index >= 15 is 0 Å². The number of methoxy groups -OCH3 is 1. The van der Waals surface area contributed by atoms with Crippen LogP contribution in [0.15, 0.2) is 30.3 Å². The van der Waals surface area contributed by atoms with Crippen LogP contribution in [0.25, 0.3) is 10.8 Å². The number of alkyl halides is 2. The Morgan fingerprint density at radius 1 is 1.02 bits per heavy atom. The molecule has 0 unspecified atom stereocenters. The van der Waals surface area contributed by atoms with Crippen molar-refractivity contribution in [2.24, 2.45) is 11.3 Å². The molecule has 17 heteroatoms. The quantitative estimate of drug-likeness (QED) is 0.270. The number of sulfonamides is 1. The van der Waals surface area contributed by atoms with Gasteiger partial charge in [-0.15, -0.1) is 0 Å². The number of nitrogens with one attached hydrogen (secondary N) is 3. The van der Waals surface area contributed by atoms with Gasteiger partial charge in [0, 0.05) is 28.6 Å². The third kappa shape index (κ3) is 9.25. The van der Waals surface area contributed by atoms with Crippen LogP contribution in [0.4, 0.5) is 13.6 Å². The molecular formula is C36H47ClF2N4O9S. The number of hydrogen-bond donors (Lipinski definition) is 3. The molecule has 5 rings (SSSR count). The first-order chi connectivity index (χ1) is 24.5. The van der Waals surface area contributed by atoms with Crippen LogP contribution in [-0.2, 0) is 29.1 Å². The van der Waals surface area contributed by atoms with Crippen LogP contribution >= 0.6 is 11.6 Å². The van der Waals surface area contributed by atoms with Crippen LogP contribution in [-0.4, -0.2) is 91.8 Å². The maximum Gasteiger partial charge on any atom is 0.408 e. The van der Waals surface area contributed by atoms with Crippen molar-refractivity contribution in [3.8, 4) is 11.5 Å². The topological polar surface area (TPSA) is 169 Å². The number of carbonyl (C=O) groups is 4. The largest absolute Gasteiger partial charge is 0.496 e. The summed E-state index contributed by atoms with van der Waals surface area (Å²) in [5.74, 6) is -2.75. The summed E-state index contributed by atoms with van der Waals surface area (Å²) in [6.45, 7) is 10.0. The molecule has 3 fully saturated rings. The minimum atomic E-state index is -4.08. The van der Waals surface area contributed by atoms with Crippen molar-refractivity contribution >= 4 is 56.2 Å². The van der Waals surface area contributed by atoms with Gasteiger partial charge in [0.05, 0.1) is 18.9 Å². The van der Waals surface area contributed by atoms with Crippen LogP contribution in [0.5, 0.6) is 11.5 Å². The number of fused-ring (bicyclic) bond motifs is 1. The maximum atomic E-state index is 14.5. The number of amides is 4. The SMILES string of the molecule is COc1ccc(O[C@@H]2C[C@@H](C(=O)N[C@]3(C(=O)NS(=O)(=O)C4CC4)C[C@H]3CC(F)F)N(C(=O)[C@@H](NC(=O)OC(C)(C)C)C(C)(C)C)C2)c2cc(Cl)ccc12. The third-order valence-corrected chi connectivity index (χ3v) is 11.6. The molecule has 0 bridgehead atoms. The maximum absolute atomic E-state index is 14.5. The molecule has 4 amide bonds. The lowest BCUT2D eigenvalue weighted by molar-refractivity contribution is -0.143. The van der Waals surface area contributed by atoms with Crippen LogP contribution in [0.2, 0.25) is 5.02 Å². The van der Waals surface area contributed by atoms with E-state index in [1.165, 1.54) is 12.0 Å². The summed E-state index contributed by atoms with van der Waals surface area (Å²) in [5.41, 5.74) is -3.71. The minimum absolute atomic E-state index is 0.105. The minimum Gasteiger partial charge on any atom is -0.496 e. The molecule has 0 radical (unpaired) electrons. The van der Waals surface area contributed by atoms with Gasteiger partial charge in [-0.1, -0.05) is 32.4 Å². The van der Waals surface area contributed by atoms with Gasteiger partial charge in [-0.05, 0) is 81.7 Å². The smallest absolute Gasteiger partial charge is 0.408 e. The molecule has 2 saturated carbocycles. The van der Waals surface area contributed by atoms with Crippen molar-refractivity contribution in [2.45, 2.75) is 115 Å². The van der Waals surface area contributed by atoms with E-state index in [4.69, 9.17) is 25.8 Å². The molecule has 2 aliphatic carbocycles. The monoisotopic (exact) mass is 784 g/mol. The average Bonchev–Trinajstić information content (AvgIpc) is 3.95. The lowest BCUT2D eigenvalue weighted by atomic mass is 9.85.